The molecule has 3 N–H and O–H groups in total. The van der Waals surface area contributed by atoms with Crippen molar-refractivity contribution in [3.05, 3.63) is 29.8 Å². The smallest absolute Gasteiger partial charge is 0.159 e. The van der Waals surface area contributed by atoms with E-state index in [9.17, 15) is 13.9 Å². The number of aliphatic hydroxyl groups excluding tert-OH is 1. The van der Waals surface area contributed by atoms with Crippen LogP contribution in [0.15, 0.2) is 23.1 Å². The molecular formula is C12H15F2NOS. The molecule has 2 nitrogen and oxygen atoms in total. The molecular weight excluding hydrogens is 244 g/mol. The molecule has 1 saturated carbocycles. The first-order valence-corrected chi connectivity index (χ1v) is 6.51. The number of rotatable bonds is 5. The maximum absolute atomic E-state index is 13.0. The molecule has 0 heterocycles. The molecule has 1 aromatic carbocycles. The average molecular weight is 259 g/mol. The normalized spacial score (nSPS) is 19.1. The SMILES string of the molecule is NC(CO)(CSc1ccc(F)c(F)c1)C1CC1. The van der Waals surface area contributed by atoms with Gasteiger partial charge in [0.15, 0.2) is 11.6 Å². The van der Waals surface area contributed by atoms with E-state index in [0.29, 0.717) is 16.6 Å². The van der Waals surface area contributed by atoms with E-state index in [1.165, 1.54) is 17.8 Å². The molecule has 0 aliphatic heterocycles. The fraction of sp³-hybridized carbons (Fsp3) is 0.500. The predicted octanol–water partition coefficient (Wildman–Crippen LogP) is 2.16. The molecule has 2 rings (SSSR count). The van der Waals surface area contributed by atoms with Crippen LogP contribution in [0, 0.1) is 17.6 Å². The van der Waals surface area contributed by atoms with Gasteiger partial charge in [-0.1, -0.05) is 0 Å². The van der Waals surface area contributed by atoms with Crippen LogP contribution in [-0.2, 0) is 0 Å². The van der Waals surface area contributed by atoms with E-state index in [2.05, 4.69) is 0 Å². The second-order valence-electron chi connectivity index (χ2n) is 4.53. The zero-order valence-electron chi connectivity index (χ0n) is 9.33. The predicted molar refractivity (Wildman–Crippen MR) is 63.8 cm³/mol. The number of benzene rings is 1. The van der Waals surface area contributed by atoms with Crippen LogP contribution in [0.5, 0.6) is 0 Å². The minimum absolute atomic E-state index is 0.0751. The highest BCUT2D eigenvalue weighted by atomic mass is 32.2. The summed E-state index contributed by atoms with van der Waals surface area (Å²) in [7, 11) is 0. The minimum atomic E-state index is -0.854. The Morgan fingerprint density at radius 3 is 2.59 bits per heavy atom. The van der Waals surface area contributed by atoms with Crippen molar-refractivity contribution in [2.75, 3.05) is 12.4 Å². The molecule has 5 heteroatoms. The summed E-state index contributed by atoms with van der Waals surface area (Å²) < 4.78 is 25.7. The Labute approximate surface area is 103 Å². The van der Waals surface area contributed by atoms with Crippen molar-refractivity contribution in [3.8, 4) is 0 Å². The zero-order valence-corrected chi connectivity index (χ0v) is 10.1. The van der Waals surface area contributed by atoms with E-state index in [1.807, 2.05) is 0 Å². The first-order valence-electron chi connectivity index (χ1n) is 5.53. The molecule has 1 atom stereocenters. The molecule has 0 amide bonds. The number of nitrogens with two attached hydrogens (primary N) is 1. The van der Waals surface area contributed by atoms with Crippen molar-refractivity contribution in [3.63, 3.8) is 0 Å². The van der Waals surface area contributed by atoms with Crippen molar-refractivity contribution in [2.45, 2.75) is 23.3 Å². The summed E-state index contributed by atoms with van der Waals surface area (Å²) in [5.74, 6) is -0.838. The van der Waals surface area contributed by atoms with E-state index in [4.69, 9.17) is 5.73 Å². The summed E-state index contributed by atoms with van der Waals surface area (Å²) in [5.41, 5.74) is 5.48. The number of halogens is 2. The topological polar surface area (TPSA) is 46.2 Å². The van der Waals surface area contributed by atoms with Gasteiger partial charge in [0.25, 0.3) is 0 Å². The Bertz CT molecular complexity index is 411. The van der Waals surface area contributed by atoms with Gasteiger partial charge in [-0.05, 0) is 37.0 Å². The Balaban J connectivity index is 1.98. The van der Waals surface area contributed by atoms with Gasteiger partial charge in [0.05, 0.1) is 12.1 Å². The van der Waals surface area contributed by atoms with Gasteiger partial charge in [0.2, 0.25) is 0 Å². The van der Waals surface area contributed by atoms with Crippen LogP contribution in [0.4, 0.5) is 8.78 Å². The lowest BCUT2D eigenvalue weighted by molar-refractivity contribution is 0.194. The summed E-state index contributed by atoms with van der Waals surface area (Å²) in [6.07, 6.45) is 2.07. The molecule has 1 aromatic rings. The average Bonchev–Trinajstić information content (AvgIpc) is 3.14. The molecule has 1 fully saturated rings. The highest BCUT2D eigenvalue weighted by molar-refractivity contribution is 7.99. The summed E-state index contributed by atoms with van der Waals surface area (Å²) in [5, 5.41) is 9.30. The van der Waals surface area contributed by atoms with Gasteiger partial charge in [0.1, 0.15) is 0 Å². The largest absolute Gasteiger partial charge is 0.394 e. The van der Waals surface area contributed by atoms with Gasteiger partial charge < -0.3 is 10.8 Å². The molecule has 94 valence electrons. The molecule has 0 aromatic heterocycles. The van der Waals surface area contributed by atoms with E-state index >= 15 is 0 Å². The highest BCUT2D eigenvalue weighted by Crippen LogP contribution is 2.40. The number of thioether (sulfide) groups is 1. The monoisotopic (exact) mass is 259 g/mol. The van der Waals surface area contributed by atoms with Crippen LogP contribution in [0.2, 0.25) is 0 Å². The van der Waals surface area contributed by atoms with E-state index in [0.717, 1.165) is 25.0 Å². The van der Waals surface area contributed by atoms with Gasteiger partial charge in [0, 0.05) is 10.6 Å². The van der Waals surface area contributed by atoms with Gasteiger partial charge in [-0.25, -0.2) is 8.78 Å². The second kappa shape index (κ2) is 4.92. The molecule has 1 aliphatic carbocycles. The molecule has 1 unspecified atom stereocenters. The third-order valence-corrected chi connectivity index (χ3v) is 4.35. The van der Waals surface area contributed by atoms with E-state index in [-0.39, 0.29) is 6.61 Å². The van der Waals surface area contributed by atoms with E-state index < -0.39 is 17.2 Å². The lowest BCUT2D eigenvalue weighted by atomic mass is 9.99. The van der Waals surface area contributed by atoms with Crippen LogP contribution in [0.1, 0.15) is 12.8 Å². The van der Waals surface area contributed by atoms with Gasteiger partial charge in [-0.3, -0.25) is 0 Å². The fourth-order valence-electron chi connectivity index (χ4n) is 1.74. The van der Waals surface area contributed by atoms with Crippen molar-refractivity contribution in [2.24, 2.45) is 11.7 Å². The Hall–Kier alpha value is -0.650. The number of hydrogen-bond acceptors (Lipinski definition) is 3. The molecule has 1 aliphatic rings. The first kappa shape index (κ1) is 12.8. The zero-order chi connectivity index (χ0) is 12.5. The molecule has 0 spiro atoms. The van der Waals surface area contributed by atoms with Crippen molar-refractivity contribution < 1.29 is 13.9 Å². The summed E-state index contributed by atoms with van der Waals surface area (Å²) in [6, 6.07) is 3.78. The van der Waals surface area contributed by atoms with Crippen molar-refractivity contribution >= 4 is 11.8 Å². The van der Waals surface area contributed by atoms with Crippen molar-refractivity contribution in [1.29, 1.82) is 0 Å². The van der Waals surface area contributed by atoms with Crippen molar-refractivity contribution in [1.82, 2.24) is 0 Å². The Morgan fingerprint density at radius 1 is 1.35 bits per heavy atom. The van der Waals surface area contributed by atoms with Crippen LogP contribution in [0.25, 0.3) is 0 Å². The second-order valence-corrected chi connectivity index (χ2v) is 5.58. The lowest BCUT2D eigenvalue weighted by Gasteiger charge is -2.26. The minimum Gasteiger partial charge on any atom is -0.394 e. The maximum Gasteiger partial charge on any atom is 0.159 e. The van der Waals surface area contributed by atoms with Crippen LogP contribution in [-0.4, -0.2) is 23.0 Å². The molecule has 0 saturated heterocycles. The Kier molecular flexibility index (Phi) is 3.70. The number of hydrogen-bond donors (Lipinski definition) is 2. The lowest BCUT2D eigenvalue weighted by Crippen LogP contribution is -2.48. The van der Waals surface area contributed by atoms with Gasteiger partial charge in [-0.2, -0.15) is 0 Å². The van der Waals surface area contributed by atoms with Crippen LogP contribution in [0.3, 0.4) is 0 Å². The van der Waals surface area contributed by atoms with Gasteiger partial charge >= 0.3 is 0 Å². The third kappa shape index (κ3) is 2.97. The summed E-state index contributed by atoms with van der Waals surface area (Å²) in [6.45, 7) is -0.0751. The third-order valence-electron chi connectivity index (χ3n) is 3.08. The first-order chi connectivity index (χ1) is 8.05. The molecule has 17 heavy (non-hydrogen) atoms. The number of aliphatic hydroxyl groups is 1. The van der Waals surface area contributed by atoms with Crippen LogP contribution >= 0.6 is 11.8 Å². The molecule has 0 bridgehead atoms. The maximum atomic E-state index is 13.0. The van der Waals surface area contributed by atoms with E-state index in [1.54, 1.807) is 0 Å². The summed E-state index contributed by atoms with van der Waals surface area (Å²) >= 11 is 1.35. The highest BCUT2D eigenvalue weighted by Gasteiger charge is 2.41. The molecule has 0 radical (unpaired) electrons. The Morgan fingerprint density at radius 2 is 2.06 bits per heavy atom. The quantitative estimate of drug-likeness (QED) is 0.797. The summed E-state index contributed by atoms with van der Waals surface area (Å²) in [4.78, 5) is 0.632. The standard InChI is InChI=1S/C12H15F2NOS/c13-10-4-3-9(5-11(10)14)17-7-12(15,6-16)8-1-2-8/h3-5,8,16H,1-2,6-7,15H2. The fourth-order valence-corrected chi connectivity index (χ4v) is 2.85. The van der Waals surface area contributed by atoms with Crippen LogP contribution < -0.4 is 5.73 Å². The van der Waals surface area contributed by atoms with Gasteiger partial charge in [-0.15, -0.1) is 11.8 Å².